The van der Waals surface area contributed by atoms with Crippen molar-refractivity contribution in [1.82, 2.24) is 8.75 Å². The summed E-state index contributed by atoms with van der Waals surface area (Å²) >= 11 is 7.41. The summed E-state index contributed by atoms with van der Waals surface area (Å²) in [7, 11) is 0. The molecule has 0 aromatic carbocycles. The number of nitrogens with zero attached hydrogens (tertiary/aromatic N) is 2. The Morgan fingerprint density at radius 1 is 1.27 bits per heavy atom. The van der Waals surface area contributed by atoms with Crippen LogP contribution in [-0.2, 0) is 0 Å². The van der Waals surface area contributed by atoms with Gasteiger partial charge < -0.3 is 10.6 Å². The van der Waals surface area contributed by atoms with Gasteiger partial charge in [-0.1, -0.05) is 43.7 Å². The van der Waals surface area contributed by atoms with Gasteiger partial charge in [-0.2, -0.15) is 8.75 Å². The maximum absolute atomic E-state index is 6.22. The summed E-state index contributed by atoms with van der Waals surface area (Å²) in [6.45, 7) is 11.2. The Labute approximate surface area is 165 Å². The lowest BCUT2D eigenvalue weighted by atomic mass is 10.1. The van der Waals surface area contributed by atoms with Crippen LogP contribution in [0, 0.1) is 5.92 Å². The van der Waals surface area contributed by atoms with Crippen molar-refractivity contribution in [2.24, 2.45) is 5.92 Å². The van der Waals surface area contributed by atoms with Crippen LogP contribution in [0.2, 0.25) is 0 Å². The molecule has 0 bridgehead atoms. The molecule has 1 heterocycles. The van der Waals surface area contributed by atoms with E-state index in [2.05, 4.69) is 45.4 Å². The van der Waals surface area contributed by atoms with Crippen molar-refractivity contribution in [3.63, 3.8) is 0 Å². The van der Waals surface area contributed by atoms with Gasteiger partial charge in [0.05, 0.1) is 11.7 Å². The lowest BCUT2D eigenvalue weighted by Gasteiger charge is -2.08. The highest BCUT2D eigenvalue weighted by molar-refractivity contribution is 6.99. The lowest BCUT2D eigenvalue weighted by Crippen LogP contribution is -2.07. The molecule has 6 heteroatoms. The topological polar surface area (TPSA) is 49.8 Å². The SMILES string of the molecule is C/C=C(C)/C(Cl)=C\C=C(/C)Nc1nsnc1NCC1=CC(C(C)C)=CC1. The molecule has 0 saturated heterocycles. The summed E-state index contributed by atoms with van der Waals surface area (Å²) in [4.78, 5) is 0. The molecule has 0 fully saturated rings. The molecule has 1 aromatic rings. The molecule has 1 aliphatic rings. The zero-order valence-electron chi connectivity index (χ0n) is 16.1. The maximum Gasteiger partial charge on any atom is 0.188 e. The van der Waals surface area contributed by atoms with Gasteiger partial charge in [-0.3, -0.25) is 0 Å². The first-order valence-corrected chi connectivity index (χ1v) is 9.91. The van der Waals surface area contributed by atoms with E-state index in [1.807, 2.05) is 39.0 Å². The van der Waals surface area contributed by atoms with Crippen LogP contribution >= 0.6 is 23.3 Å². The van der Waals surface area contributed by atoms with E-state index < -0.39 is 0 Å². The molecular formula is C20H27ClN4S. The molecule has 0 atom stereocenters. The van der Waals surface area contributed by atoms with Crippen LogP contribution in [0.4, 0.5) is 11.6 Å². The Morgan fingerprint density at radius 3 is 2.65 bits per heavy atom. The molecule has 4 nitrogen and oxygen atoms in total. The van der Waals surface area contributed by atoms with Gasteiger partial charge in [-0.05, 0) is 62.0 Å². The number of allylic oxidation sites excluding steroid dienone is 9. The van der Waals surface area contributed by atoms with E-state index >= 15 is 0 Å². The molecule has 2 rings (SSSR count). The zero-order chi connectivity index (χ0) is 19.1. The van der Waals surface area contributed by atoms with Crippen molar-refractivity contribution >= 4 is 35.0 Å². The standard InChI is InChI=1S/C20H27ClN4S/c1-6-14(4)18(21)10-7-15(5)23-20-19(24-26-25-20)22-12-16-8-9-17(11-16)13(2)3/h6-7,9-11,13H,8,12H2,1-5H3,(H,22,24)(H,23,25)/b14-6+,15-7+,18-10+. The number of rotatable bonds is 8. The van der Waals surface area contributed by atoms with E-state index in [4.69, 9.17) is 11.6 Å². The number of anilines is 2. The molecule has 1 aliphatic carbocycles. The van der Waals surface area contributed by atoms with Crippen LogP contribution in [0.25, 0.3) is 0 Å². The normalized spacial score (nSPS) is 16.0. The minimum Gasteiger partial charge on any atom is -0.362 e. The van der Waals surface area contributed by atoms with Crippen molar-refractivity contribution < 1.29 is 0 Å². The number of aromatic nitrogens is 2. The molecule has 0 amide bonds. The number of halogens is 1. The van der Waals surface area contributed by atoms with E-state index in [1.165, 1.54) is 22.9 Å². The van der Waals surface area contributed by atoms with E-state index in [0.717, 1.165) is 40.9 Å². The fourth-order valence-corrected chi connectivity index (χ4v) is 3.07. The first-order chi connectivity index (χ1) is 12.4. The molecule has 2 N–H and O–H groups in total. The summed E-state index contributed by atoms with van der Waals surface area (Å²) in [5.74, 6) is 2.09. The van der Waals surface area contributed by atoms with E-state index in [0.29, 0.717) is 5.92 Å². The molecule has 0 spiro atoms. The first-order valence-electron chi connectivity index (χ1n) is 8.81. The van der Waals surface area contributed by atoms with Crippen LogP contribution in [0.1, 0.15) is 41.0 Å². The predicted molar refractivity (Wildman–Crippen MR) is 115 cm³/mol. The summed E-state index contributed by atoms with van der Waals surface area (Å²) in [5, 5.41) is 7.40. The van der Waals surface area contributed by atoms with E-state index in [1.54, 1.807) is 0 Å². The average molecular weight is 391 g/mol. The highest BCUT2D eigenvalue weighted by Gasteiger charge is 2.12. The molecule has 0 unspecified atom stereocenters. The van der Waals surface area contributed by atoms with Gasteiger partial charge in [-0.15, -0.1) is 0 Å². The van der Waals surface area contributed by atoms with Gasteiger partial charge in [0.25, 0.3) is 0 Å². The van der Waals surface area contributed by atoms with E-state index in [9.17, 15) is 0 Å². The molecule has 0 radical (unpaired) electrons. The Hall–Kier alpha value is -1.85. The van der Waals surface area contributed by atoms with Gasteiger partial charge >= 0.3 is 0 Å². The third-order valence-corrected chi connectivity index (χ3v) is 5.17. The van der Waals surface area contributed by atoms with Gasteiger partial charge in [0.15, 0.2) is 11.6 Å². The van der Waals surface area contributed by atoms with Gasteiger partial charge in [-0.25, -0.2) is 0 Å². The van der Waals surface area contributed by atoms with Gasteiger partial charge in [0.2, 0.25) is 0 Å². The van der Waals surface area contributed by atoms with Crippen LogP contribution < -0.4 is 10.6 Å². The number of hydrogen-bond acceptors (Lipinski definition) is 5. The lowest BCUT2D eigenvalue weighted by molar-refractivity contribution is 0.793. The van der Waals surface area contributed by atoms with Crippen molar-refractivity contribution in [2.45, 2.75) is 41.0 Å². The Balaban J connectivity index is 1.95. The van der Waals surface area contributed by atoms with Crippen molar-refractivity contribution in [2.75, 3.05) is 17.2 Å². The molecule has 0 aliphatic heterocycles. The number of nitrogens with one attached hydrogen (secondary N) is 2. The fourth-order valence-electron chi connectivity index (χ4n) is 2.41. The highest BCUT2D eigenvalue weighted by Crippen LogP contribution is 2.25. The predicted octanol–water partition coefficient (Wildman–Crippen LogP) is 6.27. The van der Waals surface area contributed by atoms with Crippen LogP contribution in [0.3, 0.4) is 0 Å². The largest absolute Gasteiger partial charge is 0.362 e. The highest BCUT2D eigenvalue weighted by atomic mass is 35.5. The van der Waals surface area contributed by atoms with Crippen LogP contribution in [0.5, 0.6) is 0 Å². The third-order valence-electron chi connectivity index (χ3n) is 4.21. The zero-order valence-corrected chi connectivity index (χ0v) is 17.6. The van der Waals surface area contributed by atoms with Crippen LogP contribution in [-0.4, -0.2) is 15.3 Å². The van der Waals surface area contributed by atoms with Gasteiger partial charge in [0, 0.05) is 17.3 Å². The monoisotopic (exact) mass is 390 g/mol. The molecular weight excluding hydrogens is 364 g/mol. The second-order valence-corrected chi connectivity index (χ2v) is 7.58. The van der Waals surface area contributed by atoms with Crippen molar-refractivity contribution in [3.8, 4) is 0 Å². The molecule has 26 heavy (non-hydrogen) atoms. The minimum absolute atomic E-state index is 0.574. The Bertz CT molecular complexity index is 781. The second kappa shape index (κ2) is 9.74. The Kier molecular flexibility index (Phi) is 7.66. The van der Waals surface area contributed by atoms with Crippen molar-refractivity contribution in [3.05, 3.63) is 57.8 Å². The molecule has 0 saturated carbocycles. The average Bonchev–Trinajstić information content (AvgIpc) is 3.26. The fraction of sp³-hybridized carbons (Fsp3) is 0.400. The summed E-state index contributed by atoms with van der Waals surface area (Å²) in [5.41, 5.74) is 4.78. The van der Waals surface area contributed by atoms with Gasteiger partial charge in [0.1, 0.15) is 0 Å². The molecule has 140 valence electrons. The first kappa shape index (κ1) is 20.5. The Morgan fingerprint density at radius 2 is 2.00 bits per heavy atom. The molecule has 1 aromatic heterocycles. The quantitative estimate of drug-likeness (QED) is 0.514. The van der Waals surface area contributed by atoms with Crippen molar-refractivity contribution in [1.29, 1.82) is 0 Å². The second-order valence-electron chi connectivity index (χ2n) is 6.64. The number of hydrogen-bond donors (Lipinski definition) is 2. The smallest absolute Gasteiger partial charge is 0.188 e. The summed E-state index contributed by atoms with van der Waals surface area (Å²) in [6, 6.07) is 0. The summed E-state index contributed by atoms with van der Waals surface area (Å²) < 4.78 is 8.70. The minimum atomic E-state index is 0.574. The van der Waals surface area contributed by atoms with E-state index in [-0.39, 0.29) is 0 Å². The summed E-state index contributed by atoms with van der Waals surface area (Å²) in [6.07, 6.45) is 11.4. The van der Waals surface area contributed by atoms with Crippen LogP contribution in [0.15, 0.2) is 57.8 Å². The maximum atomic E-state index is 6.22. The third kappa shape index (κ3) is 5.85.